The highest BCUT2D eigenvalue weighted by Crippen LogP contribution is 2.30. The molecular formula is C24H36IN5O2. The highest BCUT2D eigenvalue weighted by atomic mass is 127. The zero-order valence-corrected chi connectivity index (χ0v) is 21.7. The fraction of sp³-hybridized carbons (Fsp3) is 0.542. The largest absolute Gasteiger partial charge is 0.495 e. The van der Waals surface area contributed by atoms with E-state index >= 15 is 0 Å². The molecule has 2 atom stereocenters. The number of hydrogen-bond donors (Lipinski definition) is 2. The highest BCUT2D eigenvalue weighted by Gasteiger charge is 2.28. The van der Waals surface area contributed by atoms with E-state index in [1.165, 1.54) is 12.8 Å². The molecule has 4 rings (SSSR count). The Balaban J connectivity index is 0.00000289. The van der Waals surface area contributed by atoms with Gasteiger partial charge in [-0.2, -0.15) is 0 Å². The van der Waals surface area contributed by atoms with Gasteiger partial charge in [-0.05, 0) is 63.5 Å². The second-order valence-electron chi connectivity index (χ2n) is 8.41. The van der Waals surface area contributed by atoms with Gasteiger partial charge in [0.2, 0.25) is 0 Å². The van der Waals surface area contributed by atoms with Crippen LogP contribution in [0.25, 0.3) is 0 Å². The number of halogens is 1. The molecule has 0 radical (unpaired) electrons. The Morgan fingerprint density at radius 2 is 1.97 bits per heavy atom. The van der Waals surface area contributed by atoms with Crippen molar-refractivity contribution in [2.45, 2.75) is 38.3 Å². The van der Waals surface area contributed by atoms with Gasteiger partial charge in [0.05, 0.1) is 18.8 Å². The van der Waals surface area contributed by atoms with Crippen molar-refractivity contribution in [1.29, 1.82) is 0 Å². The van der Waals surface area contributed by atoms with Crippen molar-refractivity contribution >= 4 is 35.6 Å². The van der Waals surface area contributed by atoms with Crippen molar-refractivity contribution in [2.24, 2.45) is 4.99 Å². The molecule has 0 bridgehead atoms. The summed E-state index contributed by atoms with van der Waals surface area (Å²) < 4.78 is 11.5. The van der Waals surface area contributed by atoms with E-state index in [9.17, 15) is 0 Å². The van der Waals surface area contributed by atoms with Crippen LogP contribution >= 0.6 is 24.0 Å². The van der Waals surface area contributed by atoms with Crippen molar-refractivity contribution in [1.82, 2.24) is 15.5 Å². The van der Waals surface area contributed by atoms with Gasteiger partial charge >= 0.3 is 0 Å². The lowest BCUT2D eigenvalue weighted by atomic mass is 10.2. The zero-order valence-electron chi connectivity index (χ0n) is 19.3. The highest BCUT2D eigenvalue weighted by molar-refractivity contribution is 14.0. The smallest absolute Gasteiger partial charge is 0.191 e. The number of benzene rings is 1. The molecule has 2 aliphatic rings. The average Bonchev–Trinajstić information content (AvgIpc) is 3.56. The van der Waals surface area contributed by atoms with Gasteiger partial charge in [-0.15, -0.1) is 24.0 Å². The molecule has 2 aromatic rings. The van der Waals surface area contributed by atoms with Crippen molar-refractivity contribution in [2.75, 3.05) is 51.8 Å². The van der Waals surface area contributed by atoms with Crippen molar-refractivity contribution in [3.8, 4) is 5.75 Å². The minimum Gasteiger partial charge on any atom is -0.495 e. The Morgan fingerprint density at radius 3 is 2.66 bits per heavy atom. The Bertz CT molecular complexity index is 881. The molecule has 1 aromatic heterocycles. The van der Waals surface area contributed by atoms with Gasteiger partial charge in [0.15, 0.2) is 5.96 Å². The summed E-state index contributed by atoms with van der Waals surface area (Å²) in [6, 6.07) is 12.9. The Kier molecular flexibility index (Phi) is 9.10. The van der Waals surface area contributed by atoms with E-state index in [1.54, 1.807) is 7.11 Å². The fourth-order valence-electron chi connectivity index (χ4n) is 4.66. The monoisotopic (exact) mass is 553 g/mol. The molecule has 2 fully saturated rings. The number of guanidine groups is 1. The van der Waals surface area contributed by atoms with E-state index in [0.717, 1.165) is 68.1 Å². The van der Waals surface area contributed by atoms with E-state index in [0.29, 0.717) is 6.04 Å². The van der Waals surface area contributed by atoms with Crippen LogP contribution in [-0.2, 0) is 0 Å². The quantitative estimate of drug-likeness (QED) is 0.309. The maximum absolute atomic E-state index is 5.98. The summed E-state index contributed by atoms with van der Waals surface area (Å²) in [7, 11) is 3.57. The summed E-state index contributed by atoms with van der Waals surface area (Å²) in [5, 5.41) is 7.16. The van der Waals surface area contributed by atoms with Crippen LogP contribution in [0.15, 0.2) is 45.8 Å². The molecule has 0 amide bonds. The van der Waals surface area contributed by atoms with Crippen molar-refractivity contribution < 1.29 is 9.15 Å². The normalized spacial score (nSPS) is 20.2. The maximum atomic E-state index is 5.98. The van der Waals surface area contributed by atoms with Crippen LogP contribution in [0.1, 0.15) is 36.8 Å². The molecule has 176 valence electrons. The van der Waals surface area contributed by atoms with Crippen LogP contribution in [-0.4, -0.2) is 63.8 Å². The summed E-state index contributed by atoms with van der Waals surface area (Å²) >= 11 is 0. The lowest BCUT2D eigenvalue weighted by molar-refractivity contribution is 0.213. The second-order valence-corrected chi connectivity index (χ2v) is 8.41. The van der Waals surface area contributed by atoms with Crippen LogP contribution in [0, 0.1) is 6.92 Å². The topological polar surface area (TPSA) is 65.3 Å². The third kappa shape index (κ3) is 5.89. The lowest BCUT2D eigenvalue weighted by Crippen LogP contribution is -2.47. The second kappa shape index (κ2) is 11.8. The number of furan rings is 1. The molecule has 1 aromatic carbocycles. The number of para-hydroxylation sites is 2. The fourth-order valence-corrected chi connectivity index (χ4v) is 4.66. The van der Waals surface area contributed by atoms with E-state index in [4.69, 9.17) is 9.15 Å². The number of ether oxygens (including phenoxy) is 1. The van der Waals surface area contributed by atoms with Gasteiger partial charge in [-0.25, -0.2) is 0 Å². The number of anilines is 1. The minimum atomic E-state index is 0. The SMILES string of the molecule is CN=C(NCC(c1ccc(C)o1)N1CCCC1)NC1CCN(c2ccccc2OC)C1.I. The van der Waals surface area contributed by atoms with Crippen LogP contribution in [0.4, 0.5) is 5.69 Å². The summed E-state index contributed by atoms with van der Waals surface area (Å²) in [6.45, 7) is 6.94. The Labute approximate surface area is 208 Å². The van der Waals surface area contributed by atoms with E-state index in [2.05, 4.69) is 49.7 Å². The third-order valence-electron chi connectivity index (χ3n) is 6.31. The van der Waals surface area contributed by atoms with E-state index < -0.39 is 0 Å². The Morgan fingerprint density at radius 1 is 1.19 bits per heavy atom. The first-order valence-electron chi connectivity index (χ1n) is 11.3. The minimum absolute atomic E-state index is 0. The van der Waals surface area contributed by atoms with Crippen LogP contribution in [0.3, 0.4) is 0 Å². The molecule has 2 unspecified atom stereocenters. The predicted molar refractivity (Wildman–Crippen MR) is 141 cm³/mol. The summed E-state index contributed by atoms with van der Waals surface area (Å²) in [4.78, 5) is 9.37. The number of rotatable bonds is 7. The van der Waals surface area contributed by atoms with Gasteiger partial charge in [-0.1, -0.05) is 12.1 Å². The molecule has 0 saturated carbocycles. The van der Waals surface area contributed by atoms with Crippen LogP contribution < -0.4 is 20.3 Å². The van der Waals surface area contributed by atoms with Crippen LogP contribution in [0.2, 0.25) is 0 Å². The number of methoxy groups -OCH3 is 1. The summed E-state index contributed by atoms with van der Waals surface area (Å²) in [5.41, 5.74) is 1.15. The molecule has 0 spiro atoms. The lowest BCUT2D eigenvalue weighted by Gasteiger charge is -2.27. The molecule has 2 saturated heterocycles. The molecule has 3 heterocycles. The molecule has 2 aliphatic heterocycles. The summed E-state index contributed by atoms with van der Waals surface area (Å²) in [5.74, 6) is 3.77. The number of nitrogens with zero attached hydrogens (tertiary/aromatic N) is 3. The molecular weight excluding hydrogens is 517 g/mol. The molecule has 7 nitrogen and oxygen atoms in total. The van der Waals surface area contributed by atoms with Gasteiger partial charge in [0.25, 0.3) is 0 Å². The number of hydrogen-bond acceptors (Lipinski definition) is 5. The first-order valence-corrected chi connectivity index (χ1v) is 11.3. The third-order valence-corrected chi connectivity index (χ3v) is 6.31. The molecule has 8 heteroatoms. The predicted octanol–water partition coefficient (Wildman–Crippen LogP) is 3.80. The zero-order chi connectivity index (χ0) is 21.6. The maximum Gasteiger partial charge on any atom is 0.191 e. The van der Waals surface area contributed by atoms with E-state index in [1.807, 2.05) is 26.1 Å². The van der Waals surface area contributed by atoms with Crippen molar-refractivity contribution in [3.63, 3.8) is 0 Å². The summed E-state index contributed by atoms with van der Waals surface area (Å²) in [6.07, 6.45) is 3.57. The number of nitrogens with one attached hydrogen (secondary N) is 2. The van der Waals surface area contributed by atoms with E-state index in [-0.39, 0.29) is 30.0 Å². The first-order chi connectivity index (χ1) is 15.2. The number of aryl methyl sites for hydroxylation is 1. The molecule has 0 aliphatic carbocycles. The van der Waals surface area contributed by atoms with Gasteiger partial charge in [-0.3, -0.25) is 9.89 Å². The van der Waals surface area contributed by atoms with Gasteiger partial charge in [0.1, 0.15) is 17.3 Å². The number of aliphatic imine (C=N–C) groups is 1. The van der Waals surface area contributed by atoms with Gasteiger partial charge < -0.3 is 24.7 Å². The standard InChI is InChI=1S/C24H35N5O2.HI/c1-18-10-11-23(31-18)21(28-13-6-7-14-28)16-26-24(25-2)27-19-12-15-29(17-19)20-8-4-5-9-22(20)30-3;/h4-5,8-11,19,21H,6-7,12-17H2,1-3H3,(H2,25,26,27);1H. The Hall–Kier alpha value is -1.94. The average molecular weight is 553 g/mol. The number of likely N-dealkylation sites (tertiary alicyclic amines) is 1. The van der Waals surface area contributed by atoms with Crippen molar-refractivity contribution in [3.05, 3.63) is 47.9 Å². The van der Waals surface area contributed by atoms with Crippen LogP contribution in [0.5, 0.6) is 5.75 Å². The molecule has 32 heavy (non-hydrogen) atoms. The molecule has 2 N–H and O–H groups in total. The first kappa shape index (κ1) is 24.7. The van der Waals surface area contributed by atoms with Gasteiger partial charge in [0, 0.05) is 32.7 Å².